The minimum atomic E-state index is -4.20. The average Bonchev–Trinajstić information content (AvgIpc) is 2.77. The van der Waals surface area contributed by atoms with E-state index in [1.165, 1.54) is 43.5 Å². The molecule has 1 aliphatic rings. The molecule has 11 nitrogen and oxygen atoms in total. The van der Waals surface area contributed by atoms with Crippen LogP contribution in [0, 0.1) is 20.2 Å². The summed E-state index contributed by atoms with van der Waals surface area (Å²) in [4.78, 5) is 21.0. The van der Waals surface area contributed by atoms with E-state index < -0.39 is 37.3 Å². The third-order valence-electron chi connectivity index (χ3n) is 4.98. The molecule has 0 bridgehead atoms. The van der Waals surface area contributed by atoms with Crippen LogP contribution >= 0.6 is 0 Å². The van der Waals surface area contributed by atoms with Crippen molar-refractivity contribution in [3.63, 3.8) is 0 Å². The van der Waals surface area contributed by atoms with E-state index in [0.29, 0.717) is 30.7 Å². The molecule has 0 spiro atoms. The highest BCUT2D eigenvalue weighted by atomic mass is 32.2. The van der Waals surface area contributed by atoms with E-state index in [-0.39, 0.29) is 10.5 Å². The van der Waals surface area contributed by atoms with Crippen LogP contribution in [-0.2, 0) is 14.4 Å². The Bertz CT molecular complexity index is 1130. The molecule has 0 amide bonds. The second-order valence-corrected chi connectivity index (χ2v) is 8.37. The van der Waals surface area contributed by atoms with Crippen LogP contribution < -0.4 is 4.74 Å². The molecular formula is C19H19N3O8S. The van der Waals surface area contributed by atoms with Gasteiger partial charge in [-0.1, -0.05) is 11.6 Å². The highest BCUT2D eigenvalue weighted by Crippen LogP contribution is 2.38. The van der Waals surface area contributed by atoms with Crippen LogP contribution in [0.2, 0.25) is 0 Å². The standard InChI is InChI=1S/C19H19N3O8S/c1-29-14-7-9-15(10-8-14)31(27,28)30-20-18-5-3-2-4-16(18)17-11-6-13(21(23)24)12-19(17)22(25)26/h6-12,16H,2-5H2,1H3/b20-18-/t16-/m0/s1. The molecule has 0 radical (unpaired) electrons. The van der Waals surface area contributed by atoms with Gasteiger partial charge in [-0.3, -0.25) is 24.5 Å². The van der Waals surface area contributed by atoms with Gasteiger partial charge < -0.3 is 4.74 Å². The smallest absolute Gasteiger partial charge is 0.358 e. The zero-order valence-electron chi connectivity index (χ0n) is 16.5. The van der Waals surface area contributed by atoms with Crippen molar-refractivity contribution in [2.24, 2.45) is 5.16 Å². The van der Waals surface area contributed by atoms with Gasteiger partial charge in [0.1, 0.15) is 10.6 Å². The first-order valence-electron chi connectivity index (χ1n) is 9.30. The van der Waals surface area contributed by atoms with Crippen molar-refractivity contribution >= 4 is 27.2 Å². The van der Waals surface area contributed by atoms with E-state index in [1.54, 1.807) is 0 Å². The molecule has 164 valence electrons. The van der Waals surface area contributed by atoms with Gasteiger partial charge in [0.05, 0.1) is 28.7 Å². The van der Waals surface area contributed by atoms with Gasteiger partial charge in [-0.25, -0.2) is 0 Å². The topological polar surface area (TPSA) is 151 Å². The van der Waals surface area contributed by atoms with Gasteiger partial charge in [0.25, 0.3) is 11.4 Å². The minimum Gasteiger partial charge on any atom is -0.497 e. The molecule has 1 aliphatic carbocycles. The lowest BCUT2D eigenvalue weighted by Gasteiger charge is -2.23. The second-order valence-electron chi connectivity index (χ2n) is 6.84. The van der Waals surface area contributed by atoms with E-state index in [1.807, 2.05) is 0 Å². The fraction of sp³-hybridized carbons (Fsp3) is 0.316. The number of non-ortho nitro benzene ring substituents is 1. The summed E-state index contributed by atoms with van der Waals surface area (Å²) in [5.74, 6) is -0.107. The summed E-state index contributed by atoms with van der Waals surface area (Å²) in [6.07, 6.45) is 2.31. The Morgan fingerprint density at radius 1 is 1.03 bits per heavy atom. The Morgan fingerprint density at radius 2 is 1.74 bits per heavy atom. The van der Waals surface area contributed by atoms with E-state index in [9.17, 15) is 28.6 Å². The van der Waals surface area contributed by atoms with Crippen LogP contribution in [0.1, 0.15) is 37.2 Å². The zero-order valence-corrected chi connectivity index (χ0v) is 17.3. The van der Waals surface area contributed by atoms with E-state index >= 15 is 0 Å². The molecular weight excluding hydrogens is 430 g/mol. The predicted octanol–water partition coefficient (Wildman–Crippen LogP) is 3.93. The summed E-state index contributed by atoms with van der Waals surface area (Å²) in [7, 11) is -2.75. The van der Waals surface area contributed by atoms with Crippen molar-refractivity contribution in [3.8, 4) is 5.75 Å². The highest BCUT2D eigenvalue weighted by Gasteiger charge is 2.31. The molecule has 0 saturated heterocycles. The summed E-state index contributed by atoms with van der Waals surface area (Å²) in [5, 5.41) is 26.3. The summed E-state index contributed by atoms with van der Waals surface area (Å²) in [6, 6.07) is 8.96. The molecule has 1 atom stereocenters. The van der Waals surface area contributed by atoms with Gasteiger partial charge in [-0.05, 0) is 49.6 Å². The third kappa shape index (κ3) is 4.97. The van der Waals surface area contributed by atoms with Crippen LogP contribution in [0.15, 0.2) is 52.5 Å². The number of nitrogens with zero attached hydrogens (tertiary/aromatic N) is 3. The van der Waals surface area contributed by atoms with Crippen molar-refractivity contribution < 1.29 is 27.3 Å². The molecule has 1 fully saturated rings. The first kappa shape index (κ1) is 22.2. The molecule has 3 rings (SSSR count). The molecule has 0 N–H and O–H groups in total. The number of benzene rings is 2. The maximum Gasteiger partial charge on any atom is 0.358 e. The van der Waals surface area contributed by atoms with Crippen molar-refractivity contribution in [2.75, 3.05) is 7.11 Å². The van der Waals surface area contributed by atoms with Crippen molar-refractivity contribution in [1.82, 2.24) is 0 Å². The number of hydrogen-bond donors (Lipinski definition) is 0. The fourth-order valence-corrected chi connectivity index (χ4v) is 4.17. The summed E-state index contributed by atoms with van der Waals surface area (Å²) in [5.41, 5.74) is -0.241. The Hall–Kier alpha value is -3.54. The van der Waals surface area contributed by atoms with Crippen LogP contribution in [0.5, 0.6) is 5.75 Å². The fourth-order valence-electron chi connectivity index (χ4n) is 3.42. The number of rotatable bonds is 7. The van der Waals surface area contributed by atoms with Gasteiger partial charge in [-0.2, -0.15) is 8.42 Å². The molecule has 0 heterocycles. The monoisotopic (exact) mass is 449 g/mol. The lowest BCUT2D eigenvalue weighted by molar-refractivity contribution is -0.394. The SMILES string of the molecule is COc1ccc(S(=O)(=O)O/N=C2/CCCC[C@H]2c2ccc([N+](=O)[O-])cc2[N+](=O)[O-])cc1. The Labute approximate surface area is 177 Å². The molecule has 1 saturated carbocycles. The molecule has 2 aromatic carbocycles. The largest absolute Gasteiger partial charge is 0.497 e. The number of oxime groups is 1. The maximum absolute atomic E-state index is 12.5. The number of ether oxygens (including phenoxy) is 1. The summed E-state index contributed by atoms with van der Waals surface area (Å²) in [6.45, 7) is 0. The lowest BCUT2D eigenvalue weighted by atomic mass is 9.81. The van der Waals surface area contributed by atoms with Crippen molar-refractivity contribution in [1.29, 1.82) is 0 Å². The van der Waals surface area contributed by atoms with Crippen LogP contribution in [0.3, 0.4) is 0 Å². The van der Waals surface area contributed by atoms with Crippen molar-refractivity contribution in [2.45, 2.75) is 36.5 Å². The molecule has 0 unspecified atom stereocenters. The molecule has 12 heteroatoms. The van der Waals surface area contributed by atoms with Gasteiger partial charge in [-0.15, -0.1) is 0 Å². The van der Waals surface area contributed by atoms with Crippen LogP contribution in [0.4, 0.5) is 11.4 Å². The van der Waals surface area contributed by atoms with E-state index in [0.717, 1.165) is 12.5 Å². The Morgan fingerprint density at radius 3 is 2.35 bits per heavy atom. The predicted molar refractivity (Wildman–Crippen MR) is 110 cm³/mol. The number of methoxy groups -OCH3 is 1. The number of nitro benzene ring substituents is 2. The van der Waals surface area contributed by atoms with Gasteiger partial charge in [0, 0.05) is 17.5 Å². The molecule has 31 heavy (non-hydrogen) atoms. The maximum atomic E-state index is 12.5. The first-order valence-corrected chi connectivity index (χ1v) is 10.7. The Balaban J connectivity index is 1.92. The van der Waals surface area contributed by atoms with E-state index in [2.05, 4.69) is 5.16 Å². The van der Waals surface area contributed by atoms with Gasteiger partial charge in [0.15, 0.2) is 0 Å². The van der Waals surface area contributed by atoms with Crippen LogP contribution in [-0.4, -0.2) is 31.1 Å². The summed E-state index contributed by atoms with van der Waals surface area (Å²) >= 11 is 0. The number of hydrogen-bond acceptors (Lipinski definition) is 9. The molecule has 0 aliphatic heterocycles. The normalized spacial score (nSPS) is 17.8. The molecule has 0 aromatic heterocycles. The Kier molecular flexibility index (Phi) is 6.49. The van der Waals surface area contributed by atoms with Crippen LogP contribution in [0.25, 0.3) is 0 Å². The average molecular weight is 449 g/mol. The highest BCUT2D eigenvalue weighted by molar-refractivity contribution is 7.86. The summed E-state index contributed by atoms with van der Waals surface area (Å²) < 4.78 is 34.8. The lowest BCUT2D eigenvalue weighted by Crippen LogP contribution is -2.20. The third-order valence-corrected chi connectivity index (χ3v) is 6.10. The second kappa shape index (κ2) is 9.08. The quantitative estimate of drug-likeness (QED) is 0.455. The first-order chi connectivity index (χ1) is 14.7. The zero-order chi connectivity index (χ0) is 22.6. The minimum absolute atomic E-state index is 0.119. The van der Waals surface area contributed by atoms with Crippen molar-refractivity contribution in [3.05, 3.63) is 68.3 Å². The molecule has 2 aromatic rings. The van der Waals surface area contributed by atoms with Gasteiger partial charge in [0.2, 0.25) is 0 Å². The van der Waals surface area contributed by atoms with E-state index in [4.69, 9.17) is 9.02 Å². The number of nitro groups is 2. The van der Waals surface area contributed by atoms with Gasteiger partial charge >= 0.3 is 10.1 Å².